The highest BCUT2D eigenvalue weighted by atomic mass is 14.9. The van der Waals surface area contributed by atoms with Gasteiger partial charge in [0.25, 0.3) is 0 Å². The number of nitrogens with zero attached hydrogens (tertiary/aromatic N) is 2. The fourth-order valence-electron chi connectivity index (χ4n) is 6.50. The summed E-state index contributed by atoms with van der Waals surface area (Å²) >= 11 is 0. The molecular weight excluding hydrogens is 605 g/mol. The number of amidine groups is 1. The number of fused-ring (bicyclic) bond motifs is 2. The summed E-state index contributed by atoms with van der Waals surface area (Å²) in [7, 11) is 0. The predicted octanol–water partition coefficient (Wildman–Crippen LogP) is 10.9. The maximum Gasteiger partial charge on any atom is 0.160 e. The Bertz CT molecular complexity index is 2560. The molecule has 0 amide bonds. The minimum Gasteiger partial charge on any atom is -0.233 e. The average Bonchev–Trinajstić information content (AvgIpc) is 3.16. The molecule has 0 saturated carbocycles. The van der Waals surface area contributed by atoms with Gasteiger partial charge in [0.1, 0.15) is 0 Å². The molecule has 2 heteroatoms. The van der Waals surface area contributed by atoms with E-state index in [2.05, 4.69) is 153 Å². The average molecular weight is 643 g/mol. The van der Waals surface area contributed by atoms with Crippen LogP contribution in [0.25, 0.3) is 56.0 Å². The van der Waals surface area contributed by atoms with Crippen LogP contribution in [0.2, 0.25) is 0 Å². The Morgan fingerprint density at radius 1 is 0.540 bits per heavy atom. The van der Waals surface area contributed by atoms with E-state index in [4.69, 9.17) is 9.98 Å². The second-order valence-corrected chi connectivity index (χ2v) is 12.4. The molecule has 0 N–H and O–H groups in total. The van der Waals surface area contributed by atoms with E-state index in [1.165, 1.54) is 38.2 Å². The van der Waals surface area contributed by atoms with Gasteiger partial charge >= 0.3 is 0 Å². The lowest BCUT2D eigenvalue weighted by Crippen LogP contribution is -2.25. The van der Waals surface area contributed by atoms with Gasteiger partial charge in [0.05, 0.1) is 5.70 Å². The molecule has 7 rings (SSSR count). The molecule has 0 heterocycles. The van der Waals surface area contributed by atoms with E-state index < -0.39 is 0 Å². The minimum atomic E-state index is 0.596. The molecule has 0 fully saturated rings. The lowest BCUT2D eigenvalue weighted by atomic mass is 9.97. The summed E-state index contributed by atoms with van der Waals surface area (Å²) in [6.07, 6.45) is 4.05. The summed E-state index contributed by atoms with van der Waals surface area (Å²) in [5.41, 5.74) is 9.05. The fourth-order valence-corrected chi connectivity index (χ4v) is 6.50. The third kappa shape index (κ3) is 6.65. The SMILES string of the molecule is C=C(N=C(N=C(C)c1ccc(-c2cccc3ccccc23)cc1)c1ccc(-c2cccc3ccccc23)cc1)C(/C=C\C)=c1\ccccc1=C. The number of benzene rings is 7. The van der Waals surface area contributed by atoms with E-state index in [0.29, 0.717) is 11.5 Å². The van der Waals surface area contributed by atoms with Gasteiger partial charge in [0, 0.05) is 16.8 Å². The van der Waals surface area contributed by atoms with Crippen molar-refractivity contribution in [3.05, 3.63) is 204 Å². The van der Waals surface area contributed by atoms with Crippen LogP contribution in [0.1, 0.15) is 25.0 Å². The van der Waals surface area contributed by atoms with Crippen molar-refractivity contribution in [3.8, 4) is 22.3 Å². The lowest BCUT2D eigenvalue weighted by molar-refractivity contribution is 1.36. The molecule has 0 unspecified atom stereocenters. The largest absolute Gasteiger partial charge is 0.233 e. The van der Waals surface area contributed by atoms with Crippen LogP contribution in [0.5, 0.6) is 0 Å². The quantitative estimate of drug-likeness (QED) is 0.122. The van der Waals surface area contributed by atoms with Crippen LogP contribution in [0, 0.1) is 0 Å². The maximum atomic E-state index is 5.17. The van der Waals surface area contributed by atoms with Crippen molar-refractivity contribution in [1.82, 2.24) is 0 Å². The third-order valence-electron chi connectivity index (χ3n) is 9.11. The first-order valence-corrected chi connectivity index (χ1v) is 16.9. The Morgan fingerprint density at radius 2 is 1.04 bits per heavy atom. The number of hydrogen-bond acceptors (Lipinski definition) is 1. The Kier molecular flexibility index (Phi) is 9.26. The normalized spacial score (nSPS) is 12.8. The van der Waals surface area contributed by atoms with Crippen LogP contribution >= 0.6 is 0 Å². The van der Waals surface area contributed by atoms with Gasteiger partial charge in [-0.3, -0.25) is 0 Å². The molecule has 7 aromatic carbocycles. The van der Waals surface area contributed by atoms with Crippen molar-refractivity contribution < 1.29 is 0 Å². The van der Waals surface area contributed by atoms with Crippen LogP contribution in [0.15, 0.2) is 192 Å². The molecule has 0 aliphatic heterocycles. The van der Waals surface area contributed by atoms with Crippen LogP contribution in [0.3, 0.4) is 0 Å². The summed E-state index contributed by atoms with van der Waals surface area (Å²) in [6.45, 7) is 12.7. The molecule has 0 aliphatic rings. The van der Waals surface area contributed by atoms with Gasteiger partial charge in [0.15, 0.2) is 5.84 Å². The van der Waals surface area contributed by atoms with Crippen molar-refractivity contribution in [2.75, 3.05) is 0 Å². The Hall–Kier alpha value is -6.38. The van der Waals surface area contributed by atoms with E-state index in [1.54, 1.807) is 0 Å². The highest BCUT2D eigenvalue weighted by Gasteiger charge is 2.11. The zero-order chi connectivity index (χ0) is 34.5. The number of aliphatic imine (C=N–C) groups is 2. The summed E-state index contributed by atoms with van der Waals surface area (Å²) in [5, 5.41) is 6.83. The number of hydrogen-bond donors (Lipinski definition) is 0. The number of allylic oxidation sites excluding steroid dienone is 2. The molecule has 0 aliphatic carbocycles. The van der Waals surface area contributed by atoms with E-state index >= 15 is 0 Å². The topological polar surface area (TPSA) is 24.7 Å². The Morgan fingerprint density at radius 3 is 1.60 bits per heavy atom. The first-order valence-electron chi connectivity index (χ1n) is 16.9. The summed E-state index contributed by atoms with van der Waals surface area (Å²) in [4.78, 5) is 10.3. The molecular formula is C48H38N2. The second kappa shape index (κ2) is 14.4. The number of rotatable bonds is 7. The van der Waals surface area contributed by atoms with Gasteiger partial charge in [0.2, 0.25) is 0 Å². The van der Waals surface area contributed by atoms with Crippen LogP contribution in [-0.2, 0) is 0 Å². The van der Waals surface area contributed by atoms with Gasteiger partial charge in [-0.2, -0.15) is 0 Å². The van der Waals surface area contributed by atoms with E-state index in [-0.39, 0.29) is 0 Å². The Labute approximate surface area is 294 Å². The van der Waals surface area contributed by atoms with Gasteiger partial charge in [-0.25, -0.2) is 9.98 Å². The zero-order valence-corrected chi connectivity index (χ0v) is 28.5. The first-order chi connectivity index (χ1) is 24.5. The monoisotopic (exact) mass is 642 g/mol. The molecule has 7 aromatic rings. The van der Waals surface area contributed by atoms with Crippen LogP contribution in [-0.4, -0.2) is 11.5 Å². The van der Waals surface area contributed by atoms with Crippen molar-refractivity contribution >= 4 is 45.2 Å². The molecule has 0 bridgehead atoms. The standard InChI is InChI=1S/C48H38N2/c1-5-14-43(42-20-9-6-15-33(42)2)35(4)50-48(41-31-29-40(30-32-41)47-24-13-19-38-17-8-11-22-45(38)47)49-34(3)36-25-27-39(28-26-36)46-23-12-18-37-16-7-10-21-44(37)46/h5-32H,2,4H2,1,3H3/b14-5-,43-42+,49-34?,50-48?. The van der Waals surface area contributed by atoms with Crippen molar-refractivity contribution in [2.45, 2.75) is 13.8 Å². The second-order valence-electron chi connectivity index (χ2n) is 12.4. The van der Waals surface area contributed by atoms with Gasteiger partial charge in [-0.1, -0.05) is 183 Å². The van der Waals surface area contributed by atoms with E-state index in [0.717, 1.165) is 38.4 Å². The fraction of sp³-hybridized carbons (Fsp3) is 0.0417. The van der Waals surface area contributed by atoms with Crippen LogP contribution < -0.4 is 10.4 Å². The summed E-state index contributed by atoms with van der Waals surface area (Å²) < 4.78 is 0. The smallest absolute Gasteiger partial charge is 0.160 e. The maximum absolute atomic E-state index is 5.17. The molecule has 50 heavy (non-hydrogen) atoms. The highest BCUT2D eigenvalue weighted by molar-refractivity contribution is 6.12. The molecule has 240 valence electrons. The molecule has 0 atom stereocenters. The first kappa shape index (κ1) is 32.2. The van der Waals surface area contributed by atoms with Gasteiger partial charge in [-0.05, 0) is 73.6 Å². The minimum absolute atomic E-state index is 0.596. The van der Waals surface area contributed by atoms with Crippen molar-refractivity contribution in [1.29, 1.82) is 0 Å². The van der Waals surface area contributed by atoms with Crippen molar-refractivity contribution in [2.24, 2.45) is 9.98 Å². The molecule has 0 spiro atoms. The van der Waals surface area contributed by atoms with E-state index in [1.807, 2.05) is 44.2 Å². The molecule has 0 saturated heterocycles. The van der Waals surface area contributed by atoms with Gasteiger partial charge in [-0.15, -0.1) is 0 Å². The predicted molar refractivity (Wildman–Crippen MR) is 216 cm³/mol. The summed E-state index contributed by atoms with van der Waals surface area (Å²) in [6, 6.07) is 55.1. The van der Waals surface area contributed by atoms with Gasteiger partial charge < -0.3 is 0 Å². The molecule has 0 radical (unpaired) electrons. The van der Waals surface area contributed by atoms with E-state index in [9.17, 15) is 0 Å². The lowest BCUT2D eigenvalue weighted by Gasteiger charge is -2.11. The molecule has 0 aromatic heterocycles. The van der Waals surface area contributed by atoms with Crippen molar-refractivity contribution in [3.63, 3.8) is 0 Å². The Balaban J connectivity index is 1.30. The third-order valence-corrected chi connectivity index (χ3v) is 9.11. The van der Waals surface area contributed by atoms with Crippen LogP contribution in [0.4, 0.5) is 0 Å². The zero-order valence-electron chi connectivity index (χ0n) is 28.5. The summed E-state index contributed by atoms with van der Waals surface area (Å²) in [5.74, 6) is 0.596. The molecule has 2 nitrogen and oxygen atoms in total. The highest BCUT2D eigenvalue weighted by Crippen LogP contribution is 2.30.